The first-order chi connectivity index (χ1) is 9.97. The molecule has 2 aromatic rings. The number of aryl methyl sites for hydroxylation is 1. The van der Waals surface area contributed by atoms with Gasteiger partial charge in [0.1, 0.15) is 11.9 Å². The summed E-state index contributed by atoms with van der Waals surface area (Å²) in [7, 11) is 4.00. The summed E-state index contributed by atoms with van der Waals surface area (Å²) in [4.78, 5) is 7.78. The van der Waals surface area contributed by atoms with E-state index in [0.717, 1.165) is 17.4 Å². The van der Waals surface area contributed by atoms with Gasteiger partial charge in [-0.25, -0.2) is 4.98 Å². The fraction of sp³-hybridized carbons (Fsp3) is 0.533. The van der Waals surface area contributed by atoms with E-state index in [0.29, 0.717) is 12.2 Å². The Hall–Kier alpha value is -1.37. The number of anilines is 1. The normalized spacial score (nSPS) is 14.1. The van der Waals surface area contributed by atoms with Gasteiger partial charge in [0.2, 0.25) is 0 Å². The highest BCUT2D eigenvalue weighted by atomic mass is 32.1. The van der Waals surface area contributed by atoms with Crippen LogP contribution in [0.15, 0.2) is 22.8 Å². The molecule has 2 unspecified atom stereocenters. The molecule has 0 fully saturated rings. The van der Waals surface area contributed by atoms with E-state index in [-0.39, 0.29) is 6.04 Å². The smallest absolute Gasteiger partial charge is 0.185 e. The van der Waals surface area contributed by atoms with Crippen molar-refractivity contribution in [1.82, 2.24) is 10.3 Å². The van der Waals surface area contributed by atoms with E-state index in [1.165, 1.54) is 4.88 Å². The summed E-state index contributed by atoms with van der Waals surface area (Å²) in [5.74, 6) is 0.618. The zero-order valence-electron chi connectivity index (χ0n) is 13.0. The number of rotatable bonds is 7. The van der Waals surface area contributed by atoms with Crippen molar-refractivity contribution in [2.24, 2.45) is 0 Å². The highest BCUT2D eigenvalue weighted by Gasteiger charge is 2.15. The minimum Gasteiger partial charge on any atom is -0.467 e. The molecule has 2 N–H and O–H groups in total. The average molecular weight is 309 g/mol. The number of aliphatic hydroxyl groups excluding tert-OH is 1. The van der Waals surface area contributed by atoms with Crippen LogP contribution >= 0.6 is 11.3 Å². The Morgan fingerprint density at radius 2 is 2.24 bits per heavy atom. The fourth-order valence-electron chi connectivity index (χ4n) is 2.05. The first-order valence-corrected chi connectivity index (χ1v) is 7.87. The second-order valence-corrected chi connectivity index (χ2v) is 6.51. The molecule has 0 bridgehead atoms. The van der Waals surface area contributed by atoms with E-state index in [1.54, 1.807) is 29.7 Å². The van der Waals surface area contributed by atoms with Gasteiger partial charge in [-0.2, -0.15) is 0 Å². The van der Waals surface area contributed by atoms with Gasteiger partial charge < -0.3 is 19.7 Å². The molecule has 0 aliphatic heterocycles. The van der Waals surface area contributed by atoms with E-state index >= 15 is 0 Å². The van der Waals surface area contributed by atoms with E-state index < -0.39 is 6.10 Å². The Bertz CT molecular complexity index is 551. The van der Waals surface area contributed by atoms with E-state index in [4.69, 9.17) is 4.42 Å². The van der Waals surface area contributed by atoms with Crippen molar-refractivity contribution < 1.29 is 9.52 Å². The number of hydrogen-bond donors (Lipinski definition) is 2. The van der Waals surface area contributed by atoms with Crippen molar-refractivity contribution in [2.75, 3.05) is 19.0 Å². The van der Waals surface area contributed by atoms with E-state index in [2.05, 4.69) is 17.2 Å². The second kappa shape index (κ2) is 7.06. The van der Waals surface area contributed by atoms with E-state index in [1.807, 2.05) is 25.9 Å². The predicted molar refractivity (Wildman–Crippen MR) is 85.8 cm³/mol. The van der Waals surface area contributed by atoms with Crippen molar-refractivity contribution in [3.05, 3.63) is 34.7 Å². The monoisotopic (exact) mass is 309 g/mol. The van der Waals surface area contributed by atoms with Gasteiger partial charge in [-0.15, -0.1) is 11.3 Å². The number of hydrogen-bond acceptors (Lipinski definition) is 6. The first kappa shape index (κ1) is 16.0. The van der Waals surface area contributed by atoms with Crippen LogP contribution in [0, 0.1) is 6.92 Å². The number of furan rings is 1. The lowest BCUT2D eigenvalue weighted by Gasteiger charge is -2.16. The topological polar surface area (TPSA) is 61.5 Å². The second-order valence-electron chi connectivity index (χ2n) is 5.45. The summed E-state index contributed by atoms with van der Waals surface area (Å²) in [5, 5.41) is 14.5. The molecule has 0 spiro atoms. The molecule has 0 saturated heterocycles. The molecule has 6 heteroatoms. The van der Waals surface area contributed by atoms with Crippen molar-refractivity contribution in [2.45, 2.75) is 39.0 Å². The third-order valence-electron chi connectivity index (χ3n) is 3.32. The lowest BCUT2D eigenvalue weighted by molar-refractivity contribution is 0.128. The number of nitrogens with zero attached hydrogens (tertiary/aromatic N) is 2. The molecular weight excluding hydrogens is 286 g/mol. The van der Waals surface area contributed by atoms with Crippen LogP contribution in [-0.2, 0) is 6.54 Å². The molecule has 0 saturated carbocycles. The number of thiazole rings is 1. The quantitative estimate of drug-likeness (QED) is 0.823. The third-order valence-corrected chi connectivity index (χ3v) is 4.65. The van der Waals surface area contributed by atoms with Gasteiger partial charge >= 0.3 is 0 Å². The summed E-state index contributed by atoms with van der Waals surface area (Å²) in [6.07, 6.45) is 1.63. The Kier molecular flexibility index (Phi) is 5.39. The zero-order valence-corrected chi connectivity index (χ0v) is 13.8. The van der Waals surface area contributed by atoms with Gasteiger partial charge in [0.05, 0.1) is 12.0 Å². The fourth-order valence-corrected chi connectivity index (χ4v) is 2.98. The Morgan fingerprint density at radius 3 is 2.81 bits per heavy atom. The van der Waals surface area contributed by atoms with Gasteiger partial charge in [0.15, 0.2) is 5.13 Å². The van der Waals surface area contributed by atoms with Gasteiger partial charge in [-0.1, -0.05) is 0 Å². The number of aliphatic hydroxyl groups is 1. The molecule has 0 aliphatic carbocycles. The van der Waals surface area contributed by atoms with Crippen LogP contribution < -0.4 is 10.2 Å². The van der Waals surface area contributed by atoms with Crippen molar-refractivity contribution in [1.29, 1.82) is 0 Å². The first-order valence-electron chi connectivity index (χ1n) is 7.06. The molecule has 0 aliphatic rings. The zero-order chi connectivity index (χ0) is 15.4. The largest absolute Gasteiger partial charge is 0.467 e. The molecule has 5 nitrogen and oxygen atoms in total. The van der Waals surface area contributed by atoms with Crippen molar-refractivity contribution in [3.8, 4) is 0 Å². The summed E-state index contributed by atoms with van der Waals surface area (Å²) in [6.45, 7) is 4.86. The molecule has 0 aromatic carbocycles. The van der Waals surface area contributed by atoms with Crippen LogP contribution in [0.3, 0.4) is 0 Å². The van der Waals surface area contributed by atoms with Crippen LogP contribution in [0.4, 0.5) is 5.13 Å². The Labute approximate surface area is 129 Å². The molecule has 2 rings (SSSR count). The van der Waals surface area contributed by atoms with Gasteiger partial charge in [-0.05, 0) is 32.4 Å². The molecule has 2 heterocycles. The molecule has 2 atom stereocenters. The summed E-state index contributed by atoms with van der Waals surface area (Å²) < 4.78 is 5.22. The SMILES string of the molecule is Cc1nc(N(C)C)sc1CNC(C)CC(O)c1ccco1. The highest BCUT2D eigenvalue weighted by Crippen LogP contribution is 2.25. The standard InChI is InChI=1S/C15H23N3O2S/c1-10(8-12(19)13-6-5-7-20-13)16-9-14-11(2)17-15(21-14)18(3)4/h5-7,10,12,16,19H,8-9H2,1-4H3. The van der Waals surface area contributed by atoms with Crippen LogP contribution in [-0.4, -0.2) is 30.2 Å². The van der Waals surface area contributed by atoms with Crippen LogP contribution in [0.25, 0.3) is 0 Å². The maximum atomic E-state index is 10.1. The summed E-state index contributed by atoms with van der Waals surface area (Å²) >= 11 is 1.70. The number of nitrogens with one attached hydrogen (secondary N) is 1. The van der Waals surface area contributed by atoms with Gasteiger partial charge in [0, 0.05) is 31.6 Å². The molecule has 21 heavy (non-hydrogen) atoms. The predicted octanol–water partition coefficient (Wildman–Crippen LogP) is 2.71. The molecule has 2 aromatic heterocycles. The molecule has 0 radical (unpaired) electrons. The van der Waals surface area contributed by atoms with E-state index in [9.17, 15) is 5.11 Å². The molecular formula is C15H23N3O2S. The van der Waals surface area contributed by atoms with Crippen LogP contribution in [0.5, 0.6) is 0 Å². The minimum atomic E-state index is -0.567. The molecule has 0 amide bonds. The maximum Gasteiger partial charge on any atom is 0.185 e. The average Bonchev–Trinajstić information content (AvgIpc) is 3.05. The van der Waals surface area contributed by atoms with Crippen molar-refractivity contribution in [3.63, 3.8) is 0 Å². The third kappa shape index (κ3) is 4.30. The lowest BCUT2D eigenvalue weighted by atomic mass is 10.1. The summed E-state index contributed by atoms with van der Waals surface area (Å²) in [5.41, 5.74) is 1.06. The molecule has 116 valence electrons. The Balaban J connectivity index is 1.85. The minimum absolute atomic E-state index is 0.189. The summed E-state index contributed by atoms with van der Waals surface area (Å²) in [6, 6.07) is 3.78. The lowest BCUT2D eigenvalue weighted by Crippen LogP contribution is -2.27. The van der Waals surface area contributed by atoms with Gasteiger partial charge in [0.25, 0.3) is 0 Å². The van der Waals surface area contributed by atoms with Crippen LogP contribution in [0.2, 0.25) is 0 Å². The van der Waals surface area contributed by atoms with Crippen LogP contribution in [0.1, 0.15) is 35.8 Å². The van der Waals surface area contributed by atoms with Crippen molar-refractivity contribution >= 4 is 16.5 Å². The highest BCUT2D eigenvalue weighted by molar-refractivity contribution is 7.15. The van der Waals surface area contributed by atoms with Gasteiger partial charge in [-0.3, -0.25) is 0 Å². The number of aromatic nitrogens is 1. The maximum absolute atomic E-state index is 10.1. The Morgan fingerprint density at radius 1 is 1.48 bits per heavy atom.